The molecule has 7 heteroatoms. The van der Waals surface area contributed by atoms with E-state index in [1.54, 1.807) is 11.3 Å². The van der Waals surface area contributed by atoms with Crippen molar-refractivity contribution in [3.8, 4) is 10.4 Å². The van der Waals surface area contributed by atoms with Crippen molar-refractivity contribution in [3.05, 3.63) is 104 Å². The lowest BCUT2D eigenvalue weighted by atomic mass is 9.84. The summed E-state index contributed by atoms with van der Waals surface area (Å²) in [6, 6.07) is 18.1. The van der Waals surface area contributed by atoms with Gasteiger partial charge >= 0.3 is 0 Å². The fourth-order valence-electron chi connectivity index (χ4n) is 5.04. The van der Waals surface area contributed by atoms with Crippen LogP contribution < -0.4 is 11.1 Å². The molecule has 0 spiro atoms. The molecule has 2 bridgehead atoms. The van der Waals surface area contributed by atoms with Crippen LogP contribution in [0.15, 0.2) is 54.6 Å². The molecule has 4 aromatic rings. The van der Waals surface area contributed by atoms with Crippen molar-refractivity contribution in [2.24, 2.45) is 0 Å². The Labute approximate surface area is 206 Å². The third-order valence-corrected chi connectivity index (χ3v) is 7.98. The fourth-order valence-corrected chi connectivity index (χ4v) is 6.07. The van der Waals surface area contributed by atoms with Crippen LogP contribution in [0.4, 0.5) is 5.82 Å². The quantitative estimate of drug-likeness (QED) is 0.364. The van der Waals surface area contributed by atoms with Gasteiger partial charge in [0.15, 0.2) is 0 Å². The number of nitrogens with zero attached hydrogens (tertiary/aromatic N) is 1. The number of fused-ring (bicyclic) bond motifs is 8. The van der Waals surface area contributed by atoms with Gasteiger partial charge in [0.25, 0.3) is 5.91 Å². The fraction of sp³-hybridized carbons (Fsp3) is 0.185. The number of anilines is 1. The summed E-state index contributed by atoms with van der Waals surface area (Å²) in [4.78, 5) is 18.4. The van der Waals surface area contributed by atoms with E-state index in [-0.39, 0.29) is 18.1 Å². The summed E-state index contributed by atoms with van der Waals surface area (Å²) >= 11 is 7.71. The summed E-state index contributed by atoms with van der Waals surface area (Å²) in [6.45, 7) is 4.29. The van der Waals surface area contributed by atoms with Gasteiger partial charge in [-0.2, -0.15) is 0 Å². The lowest BCUT2D eigenvalue weighted by Gasteiger charge is -2.18. The number of nitrogen functional groups attached to an aromatic ring is 1. The van der Waals surface area contributed by atoms with Crippen LogP contribution in [0.2, 0.25) is 4.34 Å². The molecule has 0 aliphatic carbocycles. The first kappa shape index (κ1) is 21.4. The number of aryl methyl sites for hydroxylation is 2. The number of nitrogens with two attached hydrogens (primary N) is 1. The van der Waals surface area contributed by atoms with Crippen LogP contribution in [0.5, 0.6) is 0 Å². The highest BCUT2D eigenvalue weighted by molar-refractivity contribution is 7.19. The molecule has 2 unspecified atom stereocenters. The van der Waals surface area contributed by atoms with E-state index in [1.807, 2.05) is 50.2 Å². The van der Waals surface area contributed by atoms with Crippen LogP contribution in [-0.4, -0.2) is 10.9 Å². The molecule has 2 aliphatic heterocycles. The summed E-state index contributed by atoms with van der Waals surface area (Å²) in [5, 5.41) is 3.03. The number of amides is 1. The Balaban J connectivity index is 1.26. The summed E-state index contributed by atoms with van der Waals surface area (Å²) < 4.78 is 7.11. The van der Waals surface area contributed by atoms with Gasteiger partial charge in [-0.15, -0.1) is 11.3 Å². The standard InChI is InChI=1S/C27H22ClN3O2S/c1-13-9-24(29)31-14(2)21(13)12-30-27(32)16-4-6-18-20(11-16)26-19-10-15(22-7-8-23(28)34-22)3-5-17(19)25(18)33-26/h3-11,25-26H,12H2,1-2H3,(H2,29,31)(H,30,32). The summed E-state index contributed by atoms with van der Waals surface area (Å²) in [6.07, 6.45) is -0.247. The predicted molar refractivity (Wildman–Crippen MR) is 135 cm³/mol. The molecule has 170 valence electrons. The number of halogens is 1. The van der Waals surface area contributed by atoms with Gasteiger partial charge in [0.1, 0.15) is 18.0 Å². The van der Waals surface area contributed by atoms with E-state index in [2.05, 4.69) is 28.5 Å². The smallest absolute Gasteiger partial charge is 0.251 e. The summed E-state index contributed by atoms with van der Waals surface area (Å²) in [7, 11) is 0. The average Bonchev–Trinajstić information content (AvgIpc) is 3.51. The third-order valence-electron chi connectivity index (χ3n) is 6.70. The minimum absolute atomic E-state index is 0.0840. The molecular weight excluding hydrogens is 466 g/mol. The lowest BCUT2D eigenvalue weighted by molar-refractivity contribution is 0.0857. The van der Waals surface area contributed by atoms with Crippen LogP contribution in [0.3, 0.4) is 0 Å². The molecule has 4 heterocycles. The Morgan fingerprint density at radius 2 is 1.76 bits per heavy atom. The molecule has 0 saturated carbocycles. The molecule has 0 radical (unpaired) electrons. The number of hydrogen-bond acceptors (Lipinski definition) is 5. The highest BCUT2D eigenvalue weighted by Crippen LogP contribution is 2.55. The first-order valence-corrected chi connectivity index (χ1v) is 12.3. The molecule has 6 rings (SSSR count). The van der Waals surface area contributed by atoms with Gasteiger partial charge in [-0.1, -0.05) is 29.8 Å². The maximum absolute atomic E-state index is 13.0. The topological polar surface area (TPSA) is 77.2 Å². The highest BCUT2D eigenvalue weighted by atomic mass is 35.5. The molecule has 2 aromatic carbocycles. The van der Waals surface area contributed by atoms with Crippen molar-refractivity contribution in [2.75, 3.05) is 5.73 Å². The summed E-state index contributed by atoms with van der Waals surface area (Å²) in [5.74, 6) is 0.368. The number of aromatic nitrogens is 1. The van der Waals surface area contributed by atoms with Gasteiger partial charge < -0.3 is 15.8 Å². The van der Waals surface area contributed by atoms with Crippen molar-refractivity contribution in [2.45, 2.75) is 32.6 Å². The van der Waals surface area contributed by atoms with E-state index in [9.17, 15) is 4.79 Å². The Morgan fingerprint density at radius 1 is 1.03 bits per heavy atom. The molecule has 34 heavy (non-hydrogen) atoms. The van der Waals surface area contributed by atoms with Crippen molar-refractivity contribution in [3.63, 3.8) is 0 Å². The number of thiophene rings is 1. The molecule has 2 atom stereocenters. The van der Waals surface area contributed by atoms with E-state index in [4.69, 9.17) is 22.1 Å². The van der Waals surface area contributed by atoms with Gasteiger partial charge in [0, 0.05) is 22.7 Å². The molecule has 2 aliphatic rings. The van der Waals surface area contributed by atoms with Gasteiger partial charge in [-0.25, -0.2) is 4.98 Å². The highest BCUT2D eigenvalue weighted by Gasteiger charge is 2.43. The monoisotopic (exact) mass is 487 g/mol. The van der Waals surface area contributed by atoms with E-state index in [0.29, 0.717) is 17.9 Å². The predicted octanol–water partition coefficient (Wildman–Crippen LogP) is 6.11. The maximum Gasteiger partial charge on any atom is 0.251 e. The first-order valence-electron chi connectivity index (χ1n) is 11.1. The second-order valence-electron chi connectivity index (χ2n) is 8.80. The molecule has 0 saturated heterocycles. The Kier molecular flexibility index (Phi) is 4.99. The van der Waals surface area contributed by atoms with Crippen molar-refractivity contribution < 1.29 is 9.53 Å². The normalized spacial score (nSPS) is 17.5. The van der Waals surface area contributed by atoms with Crippen molar-refractivity contribution in [1.29, 1.82) is 0 Å². The number of carbonyl (C=O) groups is 1. The van der Waals surface area contributed by atoms with Crippen LogP contribution in [0, 0.1) is 13.8 Å². The minimum Gasteiger partial charge on any atom is -0.384 e. The Bertz CT molecular complexity index is 1460. The van der Waals surface area contributed by atoms with Crippen LogP contribution >= 0.6 is 22.9 Å². The number of carbonyl (C=O) groups excluding carboxylic acids is 1. The molecule has 1 amide bonds. The zero-order valence-corrected chi connectivity index (χ0v) is 20.3. The van der Waals surface area contributed by atoms with Gasteiger partial charge in [0.2, 0.25) is 0 Å². The van der Waals surface area contributed by atoms with Gasteiger partial charge in [-0.3, -0.25) is 4.79 Å². The molecule has 3 N–H and O–H groups in total. The Hall–Kier alpha value is -3.19. The van der Waals surface area contributed by atoms with E-state index < -0.39 is 0 Å². The van der Waals surface area contributed by atoms with Crippen LogP contribution in [-0.2, 0) is 11.3 Å². The molecular formula is C27H22ClN3O2S. The van der Waals surface area contributed by atoms with Crippen molar-refractivity contribution >= 4 is 34.7 Å². The first-order chi connectivity index (χ1) is 16.4. The Morgan fingerprint density at radius 3 is 2.50 bits per heavy atom. The van der Waals surface area contributed by atoms with Gasteiger partial charge in [0.05, 0.1) is 4.34 Å². The molecule has 5 nitrogen and oxygen atoms in total. The molecule has 2 aromatic heterocycles. The van der Waals surface area contributed by atoms with Crippen molar-refractivity contribution in [1.82, 2.24) is 10.3 Å². The largest absolute Gasteiger partial charge is 0.384 e. The lowest BCUT2D eigenvalue weighted by Crippen LogP contribution is -2.24. The van der Waals surface area contributed by atoms with E-state index in [1.165, 1.54) is 5.56 Å². The zero-order chi connectivity index (χ0) is 23.6. The molecule has 0 fully saturated rings. The number of benzene rings is 2. The van der Waals surface area contributed by atoms with E-state index in [0.717, 1.165) is 48.3 Å². The zero-order valence-electron chi connectivity index (χ0n) is 18.7. The second kappa shape index (κ2) is 7.94. The summed E-state index contributed by atoms with van der Waals surface area (Å²) in [5.41, 5.74) is 15.0. The van der Waals surface area contributed by atoms with Gasteiger partial charge in [-0.05, 0) is 89.2 Å². The van der Waals surface area contributed by atoms with E-state index >= 15 is 0 Å². The number of nitrogens with one attached hydrogen (secondary N) is 1. The number of ether oxygens (including phenoxy) is 1. The van der Waals surface area contributed by atoms with Crippen LogP contribution in [0.1, 0.15) is 61.6 Å². The third kappa shape index (κ3) is 3.41. The number of rotatable bonds is 4. The maximum atomic E-state index is 13.0. The second-order valence-corrected chi connectivity index (χ2v) is 10.5. The minimum atomic E-state index is -0.163. The van der Waals surface area contributed by atoms with Crippen LogP contribution in [0.25, 0.3) is 10.4 Å². The SMILES string of the molecule is Cc1cc(N)nc(C)c1CNC(=O)c1ccc2c(c1)C1OC2c2ccc(-c3ccc(Cl)s3)cc21. The number of pyridine rings is 1. The average molecular weight is 488 g/mol. The number of hydrogen-bond donors (Lipinski definition) is 2.